The van der Waals surface area contributed by atoms with Gasteiger partial charge in [-0.15, -0.1) is 0 Å². The molecule has 0 spiro atoms. The number of cyclic esters (lactones) is 1. The number of hydrogen-bond donors (Lipinski definition) is 1. The van der Waals surface area contributed by atoms with Crippen LogP contribution < -0.4 is 9.80 Å². The number of aliphatic hydroxyl groups is 1. The van der Waals surface area contributed by atoms with Gasteiger partial charge in [0.25, 0.3) is 0 Å². The molecular weight excluding hydrogens is 437 g/mol. The van der Waals surface area contributed by atoms with Crippen molar-refractivity contribution in [2.24, 2.45) is 0 Å². The van der Waals surface area contributed by atoms with Gasteiger partial charge in [-0.2, -0.15) is 0 Å². The summed E-state index contributed by atoms with van der Waals surface area (Å²) in [6, 6.07) is 1.40. The Labute approximate surface area is 190 Å². The van der Waals surface area contributed by atoms with E-state index < -0.39 is 18.2 Å². The summed E-state index contributed by atoms with van der Waals surface area (Å²) in [5.41, 5.74) is 0.803. The minimum atomic E-state index is -0.745. The molecule has 180 valence electrons. The van der Waals surface area contributed by atoms with E-state index in [0.717, 1.165) is 0 Å². The summed E-state index contributed by atoms with van der Waals surface area (Å²) < 4.78 is 44.0. The third-order valence-corrected chi connectivity index (χ3v) is 6.19. The molecule has 0 unspecified atom stereocenters. The Morgan fingerprint density at radius 3 is 2.64 bits per heavy atom. The molecule has 3 fully saturated rings. The first-order valence-electron chi connectivity index (χ1n) is 11.3. The van der Waals surface area contributed by atoms with Crippen LogP contribution in [0.5, 0.6) is 0 Å². The molecule has 0 aliphatic carbocycles. The van der Waals surface area contributed by atoms with Crippen molar-refractivity contribution in [2.75, 3.05) is 49.3 Å². The molecule has 1 aromatic heterocycles. The van der Waals surface area contributed by atoms with Crippen molar-refractivity contribution >= 4 is 28.6 Å². The average Bonchev–Trinajstić information content (AvgIpc) is 3.51. The molecule has 33 heavy (non-hydrogen) atoms. The fourth-order valence-corrected chi connectivity index (χ4v) is 4.87. The number of benzene rings is 1. The summed E-state index contributed by atoms with van der Waals surface area (Å²) >= 11 is 0. The van der Waals surface area contributed by atoms with E-state index in [1.54, 1.807) is 6.07 Å². The molecule has 4 heterocycles. The van der Waals surface area contributed by atoms with Gasteiger partial charge in [0.2, 0.25) is 5.58 Å². The molecule has 0 radical (unpaired) electrons. The lowest BCUT2D eigenvalue weighted by Crippen LogP contribution is -2.46. The van der Waals surface area contributed by atoms with Crippen LogP contribution >= 0.6 is 0 Å². The van der Waals surface area contributed by atoms with Crippen molar-refractivity contribution < 1.29 is 37.8 Å². The largest absolute Gasteiger partial charge is 0.447 e. The normalized spacial score (nSPS) is 26.5. The number of halogens is 1. The van der Waals surface area contributed by atoms with Gasteiger partial charge in [-0.25, -0.2) is 9.18 Å². The van der Waals surface area contributed by atoms with Crippen molar-refractivity contribution in [2.45, 2.75) is 51.2 Å². The highest BCUT2D eigenvalue weighted by Gasteiger charge is 2.39. The van der Waals surface area contributed by atoms with Crippen LogP contribution in [-0.4, -0.2) is 74.1 Å². The van der Waals surface area contributed by atoms with Crippen molar-refractivity contribution in [3.05, 3.63) is 17.4 Å². The number of nitrogens with zero attached hydrogens (tertiary/aromatic N) is 3. The Hall–Kier alpha value is -2.47. The minimum absolute atomic E-state index is 0.00696. The second-order valence-corrected chi connectivity index (χ2v) is 8.71. The van der Waals surface area contributed by atoms with Gasteiger partial charge in [0.05, 0.1) is 42.5 Å². The SMILES string of the molecule is C[C@@H]1CN(c2c(C3OCCO3)cc3c(N4C(=O)OC[C@@H]4CCCO)noc3c2F)C[C@@H](C)O1. The van der Waals surface area contributed by atoms with Crippen LogP contribution in [0.25, 0.3) is 11.0 Å². The number of rotatable bonds is 6. The van der Waals surface area contributed by atoms with Gasteiger partial charge < -0.3 is 33.5 Å². The fraction of sp³-hybridized carbons (Fsp3) is 0.636. The van der Waals surface area contributed by atoms with Crippen LogP contribution in [0.2, 0.25) is 0 Å². The molecule has 10 nitrogen and oxygen atoms in total. The van der Waals surface area contributed by atoms with Crippen LogP contribution in [0.3, 0.4) is 0 Å². The summed E-state index contributed by atoms with van der Waals surface area (Å²) in [5, 5.41) is 13.6. The molecule has 1 amide bonds. The second-order valence-electron chi connectivity index (χ2n) is 8.71. The van der Waals surface area contributed by atoms with Gasteiger partial charge in [-0.1, -0.05) is 5.16 Å². The maximum atomic E-state index is 16.0. The van der Waals surface area contributed by atoms with Crippen molar-refractivity contribution in [3.63, 3.8) is 0 Å². The van der Waals surface area contributed by atoms with Gasteiger partial charge in [0.15, 0.2) is 17.9 Å². The van der Waals surface area contributed by atoms with Crippen molar-refractivity contribution in [1.82, 2.24) is 5.16 Å². The minimum Gasteiger partial charge on any atom is -0.447 e. The summed E-state index contributed by atoms with van der Waals surface area (Å²) in [6.07, 6.45) is -0.482. The van der Waals surface area contributed by atoms with Crippen molar-refractivity contribution in [3.8, 4) is 0 Å². The van der Waals surface area contributed by atoms with E-state index in [0.29, 0.717) is 55.8 Å². The van der Waals surface area contributed by atoms with Crippen LogP contribution in [0.1, 0.15) is 38.5 Å². The zero-order valence-corrected chi connectivity index (χ0v) is 18.7. The van der Waals surface area contributed by atoms with E-state index in [2.05, 4.69) is 5.16 Å². The van der Waals surface area contributed by atoms with Gasteiger partial charge in [0.1, 0.15) is 6.61 Å². The topological polar surface area (TPSA) is 107 Å². The summed E-state index contributed by atoms with van der Waals surface area (Å²) in [5.74, 6) is -0.398. The predicted octanol–water partition coefficient (Wildman–Crippen LogP) is 2.72. The Balaban J connectivity index is 1.62. The highest BCUT2D eigenvalue weighted by atomic mass is 19.1. The molecular formula is C22H28FN3O7. The molecule has 3 saturated heterocycles. The molecule has 1 aromatic carbocycles. The maximum Gasteiger partial charge on any atom is 0.416 e. The van der Waals surface area contributed by atoms with E-state index in [-0.39, 0.29) is 42.9 Å². The third kappa shape index (κ3) is 4.03. The monoisotopic (exact) mass is 465 g/mol. The molecule has 2 aromatic rings. The van der Waals surface area contributed by atoms with Crippen molar-refractivity contribution in [1.29, 1.82) is 0 Å². The molecule has 3 atom stereocenters. The van der Waals surface area contributed by atoms with Gasteiger partial charge in [-0.05, 0) is 32.8 Å². The summed E-state index contributed by atoms with van der Waals surface area (Å²) in [4.78, 5) is 15.8. The zero-order chi connectivity index (χ0) is 23.1. The first kappa shape index (κ1) is 22.3. The average molecular weight is 465 g/mol. The standard InChI is InChI=1S/C22H28FN3O7/c1-12-9-25(10-13(2)32-12)18-15(21-29-6-7-30-21)8-16-19(17(18)23)33-24-20(16)26-14(4-3-5-27)11-31-22(26)28/h8,12-14,21,27H,3-7,9-11H2,1-2H3/t12-,13-,14+/m1/s1. The lowest BCUT2D eigenvalue weighted by molar-refractivity contribution is -0.0445. The number of morpholine rings is 1. The first-order chi connectivity index (χ1) is 16.0. The molecule has 5 rings (SSSR count). The number of carbonyl (C=O) groups is 1. The number of anilines is 2. The van der Waals surface area contributed by atoms with Gasteiger partial charge in [0, 0.05) is 25.3 Å². The number of ether oxygens (including phenoxy) is 4. The number of carbonyl (C=O) groups excluding carboxylic acids is 1. The molecule has 1 N–H and O–H groups in total. The van der Waals surface area contributed by atoms with E-state index in [9.17, 15) is 9.90 Å². The molecule has 3 aliphatic rings. The predicted molar refractivity (Wildman–Crippen MR) is 115 cm³/mol. The van der Waals surface area contributed by atoms with Gasteiger partial charge in [-0.3, -0.25) is 4.90 Å². The smallest absolute Gasteiger partial charge is 0.416 e. The lowest BCUT2D eigenvalue weighted by atomic mass is 10.0. The Bertz CT molecular complexity index is 1020. The molecule has 0 bridgehead atoms. The molecule has 3 aliphatic heterocycles. The lowest BCUT2D eigenvalue weighted by Gasteiger charge is -2.38. The number of aromatic nitrogens is 1. The van der Waals surface area contributed by atoms with Crippen LogP contribution in [0.4, 0.5) is 20.7 Å². The highest BCUT2D eigenvalue weighted by Crippen LogP contribution is 2.42. The van der Waals surface area contributed by atoms with E-state index in [4.69, 9.17) is 23.5 Å². The van der Waals surface area contributed by atoms with Crippen LogP contribution in [0, 0.1) is 5.82 Å². The van der Waals surface area contributed by atoms with E-state index in [1.807, 2.05) is 18.7 Å². The summed E-state index contributed by atoms with van der Waals surface area (Å²) in [6.45, 7) is 5.84. The molecule has 11 heteroatoms. The quantitative estimate of drug-likeness (QED) is 0.689. The summed E-state index contributed by atoms with van der Waals surface area (Å²) in [7, 11) is 0. The number of amides is 1. The Morgan fingerprint density at radius 1 is 1.21 bits per heavy atom. The fourth-order valence-electron chi connectivity index (χ4n) is 4.87. The Kier molecular flexibility index (Phi) is 6.12. The molecule has 0 saturated carbocycles. The zero-order valence-electron chi connectivity index (χ0n) is 18.7. The number of hydrogen-bond acceptors (Lipinski definition) is 9. The van der Waals surface area contributed by atoms with Crippen LogP contribution in [-0.2, 0) is 18.9 Å². The van der Waals surface area contributed by atoms with Crippen LogP contribution in [0.15, 0.2) is 10.6 Å². The number of fused-ring (bicyclic) bond motifs is 1. The van der Waals surface area contributed by atoms with E-state index in [1.165, 1.54) is 4.90 Å². The maximum absolute atomic E-state index is 16.0. The second kappa shape index (κ2) is 9.05. The highest BCUT2D eigenvalue weighted by molar-refractivity contribution is 6.01. The van der Waals surface area contributed by atoms with E-state index >= 15 is 4.39 Å². The number of aliphatic hydroxyl groups excluding tert-OH is 1. The Morgan fingerprint density at radius 2 is 1.94 bits per heavy atom. The third-order valence-electron chi connectivity index (χ3n) is 6.19. The first-order valence-corrected chi connectivity index (χ1v) is 11.3. The van der Waals surface area contributed by atoms with Gasteiger partial charge >= 0.3 is 6.09 Å².